The first-order chi connectivity index (χ1) is 8.20. The van der Waals surface area contributed by atoms with Gasteiger partial charge in [-0.05, 0) is 42.9 Å². The summed E-state index contributed by atoms with van der Waals surface area (Å²) >= 11 is 0. The van der Waals surface area contributed by atoms with Crippen molar-refractivity contribution in [3.63, 3.8) is 0 Å². The molecule has 1 saturated heterocycles. The Labute approximate surface area is 104 Å². The van der Waals surface area contributed by atoms with E-state index in [1.807, 2.05) is 12.4 Å². The normalized spacial score (nSPS) is 21.1. The number of hydrogen-bond donors (Lipinski definition) is 1. The van der Waals surface area contributed by atoms with E-state index in [1.165, 1.54) is 5.56 Å². The van der Waals surface area contributed by atoms with Gasteiger partial charge in [0, 0.05) is 38.2 Å². The highest BCUT2D eigenvalue weighted by atomic mass is 16.5. The zero-order valence-electron chi connectivity index (χ0n) is 10.8. The number of nitrogens with zero attached hydrogens (tertiary/aromatic N) is 1. The molecule has 1 unspecified atom stereocenters. The van der Waals surface area contributed by atoms with Crippen LogP contribution in [0.3, 0.4) is 0 Å². The third kappa shape index (κ3) is 3.51. The van der Waals surface area contributed by atoms with Crippen molar-refractivity contribution in [1.82, 2.24) is 10.3 Å². The van der Waals surface area contributed by atoms with Crippen molar-refractivity contribution in [2.24, 2.45) is 5.41 Å². The fourth-order valence-corrected chi connectivity index (χ4v) is 2.21. The number of hydrogen-bond acceptors (Lipinski definition) is 3. The van der Waals surface area contributed by atoms with Crippen molar-refractivity contribution in [1.29, 1.82) is 0 Å². The largest absolute Gasteiger partial charge is 0.381 e. The van der Waals surface area contributed by atoms with Crippen LogP contribution >= 0.6 is 0 Å². The van der Waals surface area contributed by atoms with E-state index in [9.17, 15) is 0 Å². The predicted molar refractivity (Wildman–Crippen MR) is 68.8 cm³/mol. The zero-order valence-corrected chi connectivity index (χ0v) is 10.8. The Bertz CT molecular complexity index is 333. The lowest BCUT2D eigenvalue weighted by Gasteiger charge is -2.34. The minimum atomic E-state index is 0.387. The average molecular weight is 234 g/mol. The summed E-state index contributed by atoms with van der Waals surface area (Å²) < 4.78 is 5.42. The van der Waals surface area contributed by atoms with E-state index < -0.39 is 0 Å². The Morgan fingerprint density at radius 3 is 2.65 bits per heavy atom. The number of rotatable bonds is 4. The quantitative estimate of drug-likeness (QED) is 0.869. The molecule has 0 bridgehead atoms. The van der Waals surface area contributed by atoms with E-state index in [0.717, 1.165) is 32.6 Å². The van der Waals surface area contributed by atoms with Crippen LogP contribution in [0.5, 0.6) is 0 Å². The van der Waals surface area contributed by atoms with E-state index in [1.54, 1.807) is 0 Å². The summed E-state index contributed by atoms with van der Waals surface area (Å²) in [6.45, 7) is 7.42. The standard InChI is InChI=1S/C14H22N2O/c1-12(13-3-7-15-8-4-13)16-11-14(2)5-9-17-10-6-14/h3-4,7-8,12,16H,5-6,9-11H2,1-2H3. The average Bonchev–Trinajstić information content (AvgIpc) is 2.38. The van der Waals surface area contributed by atoms with Crippen LogP contribution in [0, 0.1) is 5.41 Å². The maximum Gasteiger partial charge on any atom is 0.0471 e. The molecule has 3 heteroatoms. The van der Waals surface area contributed by atoms with Gasteiger partial charge in [0.1, 0.15) is 0 Å². The summed E-state index contributed by atoms with van der Waals surface area (Å²) in [6, 6.07) is 4.53. The van der Waals surface area contributed by atoms with Gasteiger partial charge in [0.25, 0.3) is 0 Å². The molecular formula is C14H22N2O. The van der Waals surface area contributed by atoms with Crippen molar-refractivity contribution in [2.75, 3.05) is 19.8 Å². The fraction of sp³-hybridized carbons (Fsp3) is 0.643. The second-order valence-corrected chi connectivity index (χ2v) is 5.31. The summed E-state index contributed by atoms with van der Waals surface area (Å²) in [6.07, 6.45) is 6.01. The van der Waals surface area contributed by atoms with Gasteiger partial charge < -0.3 is 10.1 Å². The molecule has 1 aliphatic rings. The zero-order chi connectivity index (χ0) is 12.1. The minimum absolute atomic E-state index is 0.387. The molecule has 2 heterocycles. The Kier molecular flexibility index (Phi) is 4.13. The van der Waals surface area contributed by atoms with Crippen molar-refractivity contribution in [3.05, 3.63) is 30.1 Å². The van der Waals surface area contributed by atoms with Crippen LogP contribution in [0.15, 0.2) is 24.5 Å². The second kappa shape index (κ2) is 5.61. The molecule has 94 valence electrons. The number of ether oxygens (including phenoxy) is 1. The molecule has 17 heavy (non-hydrogen) atoms. The SMILES string of the molecule is CC(NCC1(C)CCOCC1)c1ccncc1. The van der Waals surface area contributed by atoms with Crippen molar-refractivity contribution in [3.8, 4) is 0 Å². The van der Waals surface area contributed by atoms with Gasteiger partial charge in [-0.15, -0.1) is 0 Å². The van der Waals surface area contributed by atoms with Gasteiger partial charge in [-0.3, -0.25) is 4.98 Å². The van der Waals surface area contributed by atoms with Crippen LogP contribution in [-0.4, -0.2) is 24.7 Å². The lowest BCUT2D eigenvalue weighted by molar-refractivity contribution is 0.0231. The molecule has 0 aliphatic carbocycles. The van der Waals surface area contributed by atoms with Crippen LogP contribution in [0.4, 0.5) is 0 Å². The van der Waals surface area contributed by atoms with Crippen molar-refractivity contribution < 1.29 is 4.74 Å². The first-order valence-electron chi connectivity index (χ1n) is 6.41. The molecule has 0 radical (unpaired) electrons. The molecule has 1 fully saturated rings. The highest BCUT2D eigenvalue weighted by molar-refractivity contribution is 5.13. The molecule has 1 aromatic rings. The maximum atomic E-state index is 5.42. The predicted octanol–water partition coefficient (Wildman–Crippen LogP) is 2.55. The smallest absolute Gasteiger partial charge is 0.0471 e. The monoisotopic (exact) mass is 234 g/mol. The van der Waals surface area contributed by atoms with Gasteiger partial charge >= 0.3 is 0 Å². The summed E-state index contributed by atoms with van der Waals surface area (Å²) in [5.74, 6) is 0. The Morgan fingerprint density at radius 1 is 1.35 bits per heavy atom. The van der Waals surface area contributed by atoms with Crippen molar-refractivity contribution >= 4 is 0 Å². The maximum absolute atomic E-state index is 5.42. The second-order valence-electron chi connectivity index (χ2n) is 5.31. The van der Waals surface area contributed by atoms with Gasteiger partial charge in [-0.25, -0.2) is 0 Å². The van der Waals surface area contributed by atoms with Crippen LogP contribution in [0.2, 0.25) is 0 Å². The van der Waals surface area contributed by atoms with Crippen LogP contribution in [0.1, 0.15) is 38.3 Å². The number of pyridine rings is 1. The molecule has 0 saturated carbocycles. The first-order valence-corrected chi connectivity index (χ1v) is 6.41. The Balaban J connectivity index is 1.85. The lowest BCUT2D eigenvalue weighted by atomic mass is 9.82. The van der Waals surface area contributed by atoms with E-state index in [2.05, 4.69) is 36.3 Å². The molecule has 3 nitrogen and oxygen atoms in total. The summed E-state index contributed by atoms with van der Waals surface area (Å²) in [7, 11) is 0. The third-order valence-corrected chi connectivity index (χ3v) is 3.74. The van der Waals surface area contributed by atoms with E-state index in [-0.39, 0.29) is 0 Å². The van der Waals surface area contributed by atoms with Gasteiger partial charge in [0.2, 0.25) is 0 Å². The number of aromatic nitrogens is 1. The molecule has 0 amide bonds. The van der Waals surface area contributed by atoms with Crippen molar-refractivity contribution in [2.45, 2.75) is 32.7 Å². The Hall–Kier alpha value is -0.930. The van der Waals surface area contributed by atoms with Gasteiger partial charge in [-0.1, -0.05) is 6.92 Å². The number of nitrogens with one attached hydrogen (secondary N) is 1. The summed E-state index contributed by atoms with van der Waals surface area (Å²) in [5, 5.41) is 3.63. The molecule has 1 aromatic heterocycles. The van der Waals surface area contributed by atoms with Crippen LogP contribution in [-0.2, 0) is 4.74 Å². The Morgan fingerprint density at radius 2 is 2.00 bits per heavy atom. The summed E-state index contributed by atoms with van der Waals surface area (Å²) in [5.41, 5.74) is 1.69. The van der Waals surface area contributed by atoms with E-state index in [4.69, 9.17) is 4.74 Å². The van der Waals surface area contributed by atoms with Crippen LogP contribution in [0.25, 0.3) is 0 Å². The van der Waals surface area contributed by atoms with E-state index in [0.29, 0.717) is 11.5 Å². The molecule has 0 aromatic carbocycles. The molecule has 1 aliphatic heterocycles. The third-order valence-electron chi connectivity index (χ3n) is 3.74. The molecule has 1 atom stereocenters. The van der Waals surface area contributed by atoms with Gasteiger partial charge in [0.15, 0.2) is 0 Å². The summed E-state index contributed by atoms with van der Waals surface area (Å²) in [4.78, 5) is 4.05. The van der Waals surface area contributed by atoms with E-state index >= 15 is 0 Å². The fourth-order valence-electron chi connectivity index (χ4n) is 2.21. The highest BCUT2D eigenvalue weighted by Gasteiger charge is 2.27. The molecule has 0 spiro atoms. The van der Waals surface area contributed by atoms with Gasteiger partial charge in [-0.2, -0.15) is 0 Å². The van der Waals surface area contributed by atoms with Crippen LogP contribution < -0.4 is 5.32 Å². The minimum Gasteiger partial charge on any atom is -0.381 e. The molecular weight excluding hydrogens is 212 g/mol. The molecule has 2 rings (SSSR count). The topological polar surface area (TPSA) is 34.1 Å². The van der Waals surface area contributed by atoms with Gasteiger partial charge in [0.05, 0.1) is 0 Å². The first kappa shape index (κ1) is 12.5. The lowest BCUT2D eigenvalue weighted by Crippen LogP contribution is -2.37. The highest BCUT2D eigenvalue weighted by Crippen LogP contribution is 2.29. The molecule has 1 N–H and O–H groups in total.